The molecule has 0 unspecified atom stereocenters. The first-order chi connectivity index (χ1) is 14.3. The summed E-state index contributed by atoms with van der Waals surface area (Å²) in [5.74, 6) is 0.909. The number of aromatic nitrogens is 2. The highest BCUT2D eigenvalue weighted by Gasteiger charge is 2.40. The van der Waals surface area contributed by atoms with Crippen molar-refractivity contribution in [1.82, 2.24) is 14.9 Å². The third kappa shape index (κ3) is 3.92. The Kier molecular flexibility index (Phi) is 5.28. The number of amides is 1. The van der Waals surface area contributed by atoms with Gasteiger partial charge >= 0.3 is 6.09 Å². The van der Waals surface area contributed by atoms with Gasteiger partial charge in [-0.3, -0.25) is 0 Å². The molecule has 1 saturated heterocycles. The number of nitrogens with zero attached hydrogens (tertiary/aromatic N) is 2. The number of H-pyrrole nitrogens is 1. The van der Waals surface area contributed by atoms with Crippen LogP contribution in [0, 0.1) is 0 Å². The summed E-state index contributed by atoms with van der Waals surface area (Å²) in [6.07, 6.45) is 1.25. The number of para-hydroxylation sites is 1. The molecule has 6 heteroatoms. The molecule has 0 aliphatic carbocycles. The summed E-state index contributed by atoms with van der Waals surface area (Å²) in [5.41, 5.74) is 9.72. The smallest absolute Gasteiger partial charge is 0.410 e. The molecule has 6 nitrogen and oxygen atoms in total. The number of ether oxygens (including phenoxy) is 1. The van der Waals surface area contributed by atoms with Gasteiger partial charge in [0.05, 0.1) is 11.0 Å². The molecule has 1 aliphatic rings. The largest absolute Gasteiger partial charge is 0.444 e. The minimum atomic E-state index is -0.494. The fourth-order valence-corrected chi connectivity index (χ4v) is 4.12. The fraction of sp³-hybridized carbons (Fsp3) is 0.417. The van der Waals surface area contributed by atoms with E-state index in [4.69, 9.17) is 15.5 Å². The monoisotopic (exact) mass is 406 g/mol. The zero-order chi connectivity index (χ0) is 21.4. The molecule has 2 aromatic carbocycles. The quantitative estimate of drug-likeness (QED) is 0.673. The molecular weight excluding hydrogens is 376 g/mol. The topological polar surface area (TPSA) is 84.2 Å². The zero-order valence-electron chi connectivity index (χ0n) is 17.9. The number of likely N-dealkylation sites (tertiary alicyclic amines) is 1. The van der Waals surface area contributed by atoms with Crippen molar-refractivity contribution >= 4 is 17.1 Å². The normalized spacial score (nSPS) is 16.6. The highest BCUT2D eigenvalue weighted by molar-refractivity contribution is 5.92. The summed E-state index contributed by atoms with van der Waals surface area (Å²) >= 11 is 0. The number of imidazole rings is 1. The molecule has 1 aromatic heterocycles. The molecule has 3 aromatic rings. The molecule has 1 amide bonds. The maximum Gasteiger partial charge on any atom is 0.410 e. The minimum Gasteiger partial charge on any atom is -0.444 e. The summed E-state index contributed by atoms with van der Waals surface area (Å²) in [6.45, 7) is 7.35. The van der Waals surface area contributed by atoms with Crippen molar-refractivity contribution in [2.45, 2.75) is 44.6 Å². The molecule has 0 atom stereocenters. The Hall–Kier alpha value is -2.86. The average molecular weight is 407 g/mol. The first-order valence-electron chi connectivity index (χ1n) is 10.5. The molecule has 158 valence electrons. The summed E-state index contributed by atoms with van der Waals surface area (Å²) in [6, 6.07) is 16.5. The molecule has 0 radical (unpaired) electrons. The minimum absolute atomic E-state index is 0.260. The first-order valence-corrected chi connectivity index (χ1v) is 10.5. The number of carbonyl (C=O) groups is 1. The highest BCUT2D eigenvalue weighted by atomic mass is 16.6. The average Bonchev–Trinajstić information content (AvgIpc) is 3.18. The summed E-state index contributed by atoms with van der Waals surface area (Å²) in [5, 5.41) is 0. The standard InChI is InChI=1S/C24H30N4O2/c1-23(2,3)30-22(29)28-14-12-24(16-25,13-15-28)21-26-19-11-7-10-18(20(19)27-21)17-8-5-4-6-9-17/h4-11H,12-16,25H2,1-3H3,(H,26,27). The van der Waals surface area contributed by atoms with Crippen molar-refractivity contribution in [3.63, 3.8) is 0 Å². The number of nitrogens with one attached hydrogen (secondary N) is 1. The van der Waals surface area contributed by atoms with Crippen molar-refractivity contribution in [3.05, 3.63) is 54.4 Å². The molecule has 30 heavy (non-hydrogen) atoms. The number of aromatic amines is 1. The van der Waals surface area contributed by atoms with Crippen molar-refractivity contribution in [2.75, 3.05) is 19.6 Å². The van der Waals surface area contributed by atoms with Crippen LogP contribution in [0.25, 0.3) is 22.2 Å². The second-order valence-electron chi connectivity index (χ2n) is 9.11. The molecular formula is C24H30N4O2. The van der Waals surface area contributed by atoms with Crippen LogP contribution in [0.4, 0.5) is 4.79 Å². The maximum absolute atomic E-state index is 12.4. The number of hydrogen-bond donors (Lipinski definition) is 2. The van der Waals surface area contributed by atoms with E-state index in [1.807, 2.05) is 45.0 Å². The van der Waals surface area contributed by atoms with E-state index >= 15 is 0 Å². The van der Waals surface area contributed by atoms with Gasteiger partial charge in [0.2, 0.25) is 0 Å². The number of rotatable bonds is 3. The van der Waals surface area contributed by atoms with Crippen LogP contribution in [0.5, 0.6) is 0 Å². The molecule has 0 bridgehead atoms. The number of nitrogens with two attached hydrogens (primary N) is 1. The van der Waals surface area contributed by atoms with Gasteiger partial charge in [-0.15, -0.1) is 0 Å². The lowest BCUT2D eigenvalue weighted by Gasteiger charge is -2.40. The van der Waals surface area contributed by atoms with Gasteiger partial charge in [-0.05, 0) is 45.2 Å². The van der Waals surface area contributed by atoms with Gasteiger partial charge in [-0.1, -0.05) is 42.5 Å². The summed E-state index contributed by atoms with van der Waals surface area (Å²) in [7, 11) is 0. The van der Waals surface area contributed by atoms with Crippen LogP contribution in [0.15, 0.2) is 48.5 Å². The van der Waals surface area contributed by atoms with Gasteiger partial charge < -0.3 is 20.4 Å². The fourth-order valence-electron chi connectivity index (χ4n) is 4.12. The van der Waals surface area contributed by atoms with Crippen LogP contribution < -0.4 is 5.73 Å². The molecule has 1 aliphatic heterocycles. The number of hydrogen-bond acceptors (Lipinski definition) is 4. The first kappa shape index (κ1) is 20.4. The predicted molar refractivity (Wildman–Crippen MR) is 119 cm³/mol. The van der Waals surface area contributed by atoms with Gasteiger partial charge in [-0.25, -0.2) is 9.78 Å². The van der Waals surface area contributed by atoms with Crippen LogP contribution in [-0.4, -0.2) is 46.2 Å². The lowest BCUT2D eigenvalue weighted by Crippen LogP contribution is -2.50. The molecule has 2 heterocycles. The Morgan fingerprint density at radius 2 is 1.83 bits per heavy atom. The van der Waals surface area contributed by atoms with E-state index < -0.39 is 5.60 Å². The van der Waals surface area contributed by atoms with E-state index in [2.05, 4.69) is 29.2 Å². The molecule has 0 saturated carbocycles. The maximum atomic E-state index is 12.4. The Balaban J connectivity index is 1.61. The lowest BCUT2D eigenvalue weighted by atomic mass is 9.77. The van der Waals surface area contributed by atoms with Crippen molar-refractivity contribution in [2.24, 2.45) is 5.73 Å². The second-order valence-corrected chi connectivity index (χ2v) is 9.11. The Labute approximate surface area is 177 Å². The number of piperidine rings is 1. The zero-order valence-corrected chi connectivity index (χ0v) is 17.9. The van der Waals surface area contributed by atoms with Crippen molar-refractivity contribution in [1.29, 1.82) is 0 Å². The van der Waals surface area contributed by atoms with Gasteiger partial charge in [0, 0.05) is 30.6 Å². The van der Waals surface area contributed by atoms with Crippen LogP contribution in [0.1, 0.15) is 39.4 Å². The number of fused-ring (bicyclic) bond motifs is 1. The Bertz CT molecular complexity index is 1030. The predicted octanol–water partition coefficient (Wildman–Crippen LogP) is 4.46. The van der Waals surface area contributed by atoms with E-state index in [0.29, 0.717) is 19.6 Å². The molecule has 3 N–H and O–H groups in total. The van der Waals surface area contributed by atoms with E-state index in [0.717, 1.165) is 40.8 Å². The van der Waals surface area contributed by atoms with E-state index in [-0.39, 0.29) is 11.5 Å². The molecule has 1 fully saturated rings. The molecule has 0 spiro atoms. The van der Waals surface area contributed by atoms with Crippen LogP contribution in [-0.2, 0) is 10.2 Å². The summed E-state index contributed by atoms with van der Waals surface area (Å²) < 4.78 is 5.53. The van der Waals surface area contributed by atoms with Crippen LogP contribution >= 0.6 is 0 Å². The van der Waals surface area contributed by atoms with E-state index in [9.17, 15) is 4.79 Å². The third-order valence-electron chi connectivity index (χ3n) is 5.86. The lowest BCUT2D eigenvalue weighted by molar-refractivity contribution is 0.0163. The van der Waals surface area contributed by atoms with Gasteiger partial charge in [0.15, 0.2) is 0 Å². The third-order valence-corrected chi connectivity index (χ3v) is 5.86. The van der Waals surface area contributed by atoms with Crippen molar-refractivity contribution in [3.8, 4) is 11.1 Å². The van der Waals surface area contributed by atoms with Crippen LogP contribution in [0.2, 0.25) is 0 Å². The van der Waals surface area contributed by atoms with E-state index in [1.165, 1.54) is 0 Å². The highest BCUT2D eigenvalue weighted by Crippen LogP contribution is 2.36. The molecule has 4 rings (SSSR count). The Morgan fingerprint density at radius 1 is 1.13 bits per heavy atom. The van der Waals surface area contributed by atoms with Gasteiger partial charge in [-0.2, -0.15) is 0 Å². The van der Waals surface area contributed by atoms with E-state index in [1.54, 1.807) is 4.90 Å². The number of carbonyl (C=O) groups excluding carboxylic acids is 1. The number of benzene rings is 2. The Morgan fingerprint density at radius 3 is 2.47 bits per heavy atom. The second kappa shape index (κ2) is 7.76. The summed E-state index contributed by atoms with van der Waals surface area (Å²) in [4.78, 5) is 22.8. The van der Waals surface area contributed by atoms with Crippen LogP contribution in [0.3, 0.4) is 0 Å². The van der Waals surface area contributed by atoms with Gasteiger partial charge in [0.1, 0.15) is 11.4 Å². The SMILES string of the molecule is CC(C)(C)OC(=O)N1CCC(CN)(c2nc3c(-c4ccccc4)cccc3[nH]2)CC1. The van der Waals surface area contributed by atoms with Gasteiger partial charge in [0.25, 0.3) is 0 Å². The van der Waals surface area contributed by atoms with Crippen molar-refractivity contribution < 1.29 is 9.53 Å².